The number of carbonyl (C=O) groups is 1. The van der Waals surface area contributed by atoms with Gasteiger partial charge in [-0.25, -0.2) is 4.68 Å². The third kappa shape index (κ3) is 5.84. The molecule has 0 aliphatic heterocycles. The predicted molar refractivity (Wildman–Crippen MR) is 132 cm³/mol. The lowest BCUT2D eigenvalue weighted by Crippen LogP contribution is -2.25. The first-order valence-corrected chi connectivity index (χ1v) is 11.6. The number of rotatable bonds is 10. The first kappa shape index (κ1) is 22.7. The maximum absolute atomic E-state index is 12.6. The van der Waals surface area contributed by atoms with Crippen molar-refractivity contribution < 1.29 is 4.79 Å². The summed E-state index contributed by atoms with van der Waals surface area (Å²) >= 11 is 5.34. The molecule has 33 heavy (non-hydrogen) atoms. The van der Waals surface area contributed by atoms with Gasteiger partial charge in [-0.15, -0.1) is 0 Å². The number of nitrogens with one attached hydrogen (secondary N) is 2. The molecule has 1 amide bonds. The maximum Gasteiger partial charge on any atom is 0.262 e. The number of unbranched alkanes of at least 4 members (excludes halogenated alkanes) is 2. The van der Waals surface area contributed by atoms with Gasteiger partial charge < -0.3 is 10.3 Å². The van der Waals surface area contributed by atoms with Crippen LogP contribution in [0.2, 0.25) is 0 Å². The molecule has 2 aromatic heterocycles. The monoisotopic (exact) mass is 461 g/mol. The van der Waals surface area contributed by atoms with Gasteiger partial charge in [0.2, 0.25) is 5.91 Å². The average Bonchev–Trinajstić information content (AvgIpc) is 3.36. The molecule has 0 saturated heterocycles. The van der Waals surface area contributed by atoms with Crippen LogP contribution in [0.25, 0.3) is 16.6 Å². The van der Waals surface area contributed by atoms with Crippen molar-refractivity contribution >= 4 is 29.0 Å². The number of aromatic amines is 1. The summed E-state index contributed by atoms with van der Waals surface area (Å²) in [6, 6.07) is 17.4. The van der Waals surface area contributed by atoms with Gasteiger partial charge in [0.1, 0.15) is 0 Å². The van der Waals surface area contributed by atoms with Gasteiger partial charge in [0, 0.05) is 31.9 Å². The number of nitrogens with zero attached hydrogens (tertiary/aromatic N) is 3. The van der Waals surface area contributed by atoms with Gasteiger partial charge in [0.25, 0.3) is 5.56 Å². The Morgan fingerprint density at radius 3 is 2.64 bits per heavy atom. The van der Waals surface area contributed by atoms with Crippen LogP contribution in [-0.4, -0.2) is 31.8 Å². The van der Waals surface area contributed by atoms with Crippen LogP contribution in [0, 0.1) is 4.77 Å². The summed E-state index contributed by atoms with van der Waals surface area (Å²) in [5.41, 5.74) is 2.88. The van der Waals surface area contributed by atoms with Gasteiger partial charge in [-0.05, 0) is 67.4 Å². The van der Waals surface area contributed by atoms with Crippen LogP contribution in [0.1, 0.15) is 31.2 Å². The minimum absolute atomic E-state index is 0.0586. The smallest absolute Gasteiger partial charge is 0.262 e. The number of carbonyl (C=O) groups excluding carboxylic acids is 1. The second-order valence-electron chi connectivity index (χ2n) is 7.96. The van der Waals surface area contributed by atoms with Crippen molar-refractivity contribution in [3.63, 3.8) is 0 Å². The van der Waals surface area contributed by atoms with Crippen LogP contribution in [0.3, 0.4) is 0 Å². The molecule has 0 radical (unpaired) electrons. The normalized spacial score (nSPS) is 11.0. The molecule has 0 fully saturated rings. The number of H-pyrrole nitrogens is 1. The van der Waals surface area contributed by atoms with Crippen molar-refractivity contribution in [1.29, 1.82) is 0 Å². The van der Waals surface area contributed by atoms with E-state index in [2.05, 4.69) is 27.5 Å². The highest BCUT2D eigenvalue weighted by molar-refractivity contribution is 7.71. The quantitative estimate of drug-likeness (QED) is 0.274. The minimum atomic E-state index is -0.0650. The highest BCUT2D eigenvalue weighted by Crippen LogP contribution is 2.10. The van der Waals surface area contributed by atoms with Gasteiger partial charge in [-0.2, -0.15) is 5.10 Å². The van der Waals surface area contributed by atoms with Crippen LogP contribution in [0.5, 0.6) is 0 Å². The van der Waals surface area contributed by atoms with Crippen LogP contribution >= 0.6 is 12.2 Å². The molecule has 4 rings (SSSR count). The van der Waals surface area contributed by atoms with Crippen molar-refractivity contribution in [2.75, 3.05) is 6.54 Å². The summed E-state index contributed by atoms with van der Waals surface area (Å²) in [6.45, 7) is 1.16. The third-order valence-electron chi connectivity index (χ3n) is 5.62. The fourth-order valence-corrected chi connectivity index (χ4v) is 4.09. The topological polar surface area (TPSA) is 84.7 Å². The lowest BCUT2D eigenvalue weighted by molar-refractivity contribution is -0.121. The summed E-state index contributed by atoms with van der Waals surface area (Å²) in [5, 5.41) is 7.84. The Morgan fingerprint density at radius 1 is 1.03 bits per heavy atom. The van der Waals surface area contributed by atoms with Crippen LogP contribution in [0.4, 0.5) is 0 Å². The van der Waals surface area contributed by atoms with E-state index in [-0.39, 0.29) is 11.5 Å². The molecule has 8 heteroatoms. The van der Waals surface area contributed by atoms with Crippen LogP contribution in [-0.2, 0) is 17.8 Å². The van der Waals surface area contributed by atoms with E-state index >= 15 is 0 Å². The zero-order valence-electron chi connectivity index (χ0n) is 18.4. The Kier molecular flexibility index (Phi) is 7.47. The van der Waals surface area contributed by atoms with E-state index in [1.807, 2.05) is 47.3 Å². The SMILES string of the molecule is O=C(CCCCCn1c(=S)[nH]c2ccccc2c1=O)NCCc1ccc(-n2cccn2)cc1. The Hall–Kier alpha value is -3.52. The van der Waals surface area contributed by atoms with Gasteiger partial charge in [0.05, 0.1) is 16.6 Å². The molecule has 0 bridgehead atoms. The Morgan fingerprint density at radius 2 is 1.85 bits per heavy atom. The van der Waals surface area contributed by atoms with E-state index in [4.69, 9.17) is 12.2 Å². The van der Waals surface area contributed by atoms with Crippen molar-refractivity contribution in [1.82, 2.24) is 24.6 Å². The molecule has 0 unspecified atom stereocenters. The van der Waals surface area contributed by atoms with Crippen LogP contribution < -0.4 is 10.9 Å². The molecule has 7 nitrogen and oxygen atoms in total. The Labute approximate surface area is 197 Å². The predicted octanol–water partition coefficient (Wildman–Crippen LogP) is 4.16. The number of fused-ring (bicyclic) bond motifs is 1. The van der Waals surface area contributed by atoms with E-state index in [9.17, 15) is 9.59 Å². The van der Waals surface area contributed by atoms with Crippen LogP contribution in [0.15, 0.2) is 71.8 Å². The molecule has 2 N–H and O–H groups in total. The third-order valence-corrected chi connectivity index (χ3v) is 5.94. The number of hydrogen-bond donors (Lipinski definition) is 2. The van der Waals surface area contributed by atoms with Gasteiger partial charge in [-0.3, -0.25) is 14.2 Å². The molecule has 0 atom stereocenters. The summed E-state index contributed by atoms with van der Waals surface area (Å²) in [5.74, 6) is 0.0586. The molecular formula is C25H27N5O2S. The van der Waals surface area contributed by atoms with E-state index < -0.39 is 0 Å². The van der Waals surface area contributed by atoms with Gasteiger partial charge in [-0.1, -0.05) is 30.7 Å². The second kappa shape index (κ2) is 10.9. The van der Waals surface area contributed by atoms with Gasteiger partial charge in [0.15, 0.2) is 4.77 Å². The fraction of sp³-hybridized carbons (Fsp3) is 0.280. The molecule has 170 valence electrons. The number of benzene rings is 2. The lowest BCUT2D eigenvalue weighted by atomic mass is 10.1. The van der Waals surface area contributed by atoms with Crippen molar-refractivity contribution in [2.24, 2.45) is 0 Å². The maximum atomic E-state index is 12.6. The highest BCUT2D eigenvalue weighted by atomic mass is 32.1. The molecule has 2 heterocycles. The van der Waals surface area contributed by atoms with E-state index in [0.717, 1.165) is 36.9 Å². The standard InChI is InChI=1S/C25H27N5O2S/c31-23(26-16-14-19-10-12-20(13-11-19)30-18-6-15-27-30)9-2-1-5-17-29-24(32)21-7-3-4-8-22(21)28-25(29)33/h3-4,6-8,10-13,15,18H,1-2,5,9,14,16-17H2,(H,26,31)(H,28,33). The van der Waals surface area contributed by atoms with E-state index in [1.54, 1.807) is 16.8 Å². The largest absolute Gasteiger partial charge is 0.356 e. The number of amides is 1. The summed E-state index contributed by atoms with van der Waals surface area (Å²) in [4.78, 5) is 27.9. The number of para-hydroxylation sites is 1. The zero-order valence-corrected chi connectivity index (χ0v) is 19.2. The minimum Gasteiger partial charge on any atom is -0.356 e. The zero-order chi connectivity index (χ0) is 23.0. The van der Waals surface area contributed by atoms with E-state index in [1.165, 1.54) is 5.56 Å². The highest BCUT2D eigenvalue weighted by Gasteiger charge is 2.06. The first-order valence-electron chi connectivity index (χ1n) is 11.2. The fourth-order valence-electron chi connectivity index (χ4n) is 3.81. The van der Waals surface area contributed by atoms with Gasteiger partial charge >= 0.3 is 0 Å². The van der Waals surface area contributed by atoms with Crippen molar-refractivity contribution in [2.45, 2.75) is 38.6 Å². The molecule has 0 aliphatic rings. The first-order chi connectivity index (χ1) is 16.1. The molecule has 0 saturated carbocycles. The number of aromatic nitrogens is 4. The number of hydrogen-bond acceptors (Lipinski definition) is 4. The molecule has 0 aliphatic carbocycles. The molecular weight excluding hydrogens is 434 g/mol. The summed E-state index contributed by atoms with van der Waals surface area (Å²) in [7, 11) is 0. The lowest BCUT2D eigenvalue weighted by Gasteiger charge is -2.08. The summed E-state index contributed by atoms with van der Waals surface area (Å²) in [6.07, 6.45) is 7.36. The average molecular weight is 462 g/mol. The molecule has 2 aromatic carbocycles. The van der Waals surface area contributed by atoms with E-state index in [0.29, 0.717) is 29.7 Å². The van der Waals surface area contributed by atoms with Crippen molar-refractivity contribution in [3.05, 3.63) is 87.7 Å². The second-order valence-corrected chi connectivity index (χ2v) is 8.35. The molecule has 4 aromatic rings. The Bertz CT molecular complexity index is 1320. The Balaban J connectivity index is 1.15. The summed E-state index contributed by atoms with van der Waals surface area (Å²) < 4.78 is 3.86. The molecule has 0 spiro atoms. The van der Waals surface area contributed by atoms with Crippen molar-refractivity contribution in [3.8, 4) is 5.69 Å².